The number of rotatable bonds is 1. The highest BCUT2D eigenvalue weighted by atomic mass is 35.5. The maximum Gasteiger partial charge on any atom is 0.234 e. The number of benzene rings is 1. The van der Waals surface area contributed by atoms with E-state index in [9.17, 15) is 9.59 Å². The van der Waals surface area contributed by atoms with Crippen LogP contribution >= 0.6 is 11.6 Å². The predicted octanol–water partition coefficient (Wildman–Crippen LogP) is 1.88. The minimum Gasteiger partial charge on any atom is -0.398 e. The molecule has 1 fully saturated rings. The summed E-state index contributed by atoms with van der Waals surface area (Å²) >= 11 is 5.89. The molecule has 0 bridgehead atoms. The topological polar surface area (TPSA) is 63.4 Å². The van der Waals surface area contributed by atoms with Crippen LogP contribution in [0.1, 0.15) is 18.4 Å². The number of halogens is 1. The second-order valence-corrected chi connectivity index (χ2v) is 4.19. The molecule has 4 nitrogen and oxygen atoms in total. The van der Waals surface area contributed by atoms with E-state index in [1.54, 1.807) is 19.1 Å². The van der Waals surface area contributed by atoms with Crippen molar-refractivity contribution in [2.24, 2.45) is 0 Å². The third kappa shape index (κ3) is 1.65. The van der Waals surface area contributed by atoms with Gasteiger partial charge >= 0.3 is 0 Å². The molecule has 0 saturated carbocycles. The van der Waals surface area contributed by atoms with E-state index in [0.717, 1.165) is 5.56 Å². The standard InChI is InChI=1S/C11H11ClN2O2/c1-6-4-8(13)7(12)5-9(6)14-10(15)2-3-11(14)16/h4-5H,2-3,13H2,1H3. The molecule has 0 atom stereocenters. The van der Waals surface area contributed by atoms with Gasteiger partial charge in [0.15, 0.2) is 0 Å². The van der Waals surface area contributed by atoms with E-state index in [-0.39, 0.29) is 24.7 Å². The first kappa shape index (κ1) is 11.0. The Kier molecular flexibility index (Phi) is 2.59. The molecule has 0 unspecified atom stereocenters. The van der Waals surface area contributed by atoms with E-state index < -0.39 is 0 Å². The van der Waals surface area contributed by atoms with Gasteiger partial charge in [0, 0.05) is 12.8 Å². The fourth-order valence-corrected chi connectivity index (χ4v) is 1.94. The summed E-state index contributed by atoms with van der Waals surface area (Å²) in [6.45, 7) is 1.79. The van der Waals surface area contributed by atoms with Gasteiger partial charge in [0.2, 0.25) is 11.8 Å². The van der Waals surface area contributed by atoms with Gasteiger partial charge in [0.05, 0.1) is 16.4 Å². The zero-order chi connectivity index (χ0) is 11.9. The Morgan fingerprint density at radius 2 is 1.81 bits per heavy atom. The van der Waals surface area contributed by atoms with Crippen LogP contribution in [0.2, 0.25) is 5.02 Å². The minimum absolute atomic E-state index is 0.186. The minimum atomic E-state index is -0.186. The summed E-state index contributed by atoms with van der Waals surface area (Å²) in [5, 5.41) is 0.355. The second kappa shape index (κ2) is 3.79. The second-order valence-electron chi connectivity index (χ2n) is 3.78. The summed E-state index contributed by atoms with van der Waals surface area (Å²) in [5.74, 6) is -0.372. The third-order valence-electron chi connectivity index (χ3n) is 2.61. The molecule has 16 heavy (non-hydrogen) atoms. The van der Waals surface area contributed by atoms with Crippen molar-refractivity contribution < 1.29 is 9.59 Å². The fraction of sp³-hybridized carbons (Fsp3) is 0.273. The highest BCUT2D eigenvalue weighted by Crippen LogP contribution is 2.32. The summed E-state index contributed by atoms with van der Waals surface area (Å²) in [7, 11) is 0. The number of nitrogens with zero attached hydrogens (tertiary/aromatic N) is 1. The normalized spacial score (nSPS) is 16.0. The van der Waals surface area contributed by atoms with Crippen LogP contribution in [0, 0.1) is 6.92 Å². The maximum atomic E-state index is 11.6. The van der Waals surface area contributed by atoms with Gasteiger partial charge in [-0.1, -0.05) is 11.6 Å². The zero-order valence-electron chi connectivity index (χ0n) is 8.79. The van der Waals surface area contributed by atoms with Gasteiger partial charge in [0.1, 0.15) is 0 Å². The quantitative estimate of drug-likeness (QED) is 0.600. The van der Waals surface area contributed by atoms with E-state index in [1.807, 2.05) is 0 Å². The Bertz CT molecular complexity index is 469. The summed E-state index contributed by atoms with van der Waals surface area (Å²) < 4.78 is 0. The molecule has 0 aliphatic carbocycles. The van der Waals surface area contributed by atoms with E-state index in [4.69, 9.17) is 17.3 Å². The number of hydrogen-bond donors (Lipinski definition) is 1. The fourth-order valence-electron chi connectivity index (χ4n) is 1.78. The van der Waals surface area contributed by atoms with E-state index in [1.165, 1.54) is 4.90 Å². The van der Waals surface area contributed by atoms with Crippen LogP contribution in [0.25, 0.3) is 0 Å². The van der Waals surface area contributed by atoms with Crippen molar-refractivity contribution in [1.29, 1.82) is 0 Å². The molecule has 0 aromatic heterocycles. The molecule has 5 heteroatoms. The molecule has 2 N–H and O–H groups in total. The lowest BCUT2D eigenvalue weighted by atomic mass is 10.1. The molecule has 1 aromatic rings. The number of nitrogens with two attached hydrogens (primary N) is 1. The Hall–Kier alpha value is -1.55. The van der Waals surface area contributed by atoms with Crippen LogP contribution in [0.3, 0.4) is 0 Å². The summed E-state index contributed by atoms with van der Waals surface area (Å²) in [6.07, 6.45) is 0.528. The number of anilines is 2. The molecular formula is C11H11ClN2O2. The lowest BCUT2D eigenvalue weighted by Crippen LogP contribution is -2.29. The maximum absolute atomic E-state index is 11.6. The van der Waals surface area contributed by atoms with Crippen molar-refractivity contribution in [3.05, 3.63) is 22.7 Å². The molecule has 2 amide bonds. The average molecular weight is 239 g/mol. The van der Waals surface area contributed by atoms with Crippen molar-refractivity contribution >= 4 is 34.8 Å². The molecule has 1 saturated heterocycles. The van der Waals surface area contributed by atoms with Crippen molar-refractivity contribution in [1.82, 2.24) is 0 Å². The van der Waals surface area contributed by atoms with Gasteiger partial charge in [-0.05, 0) is 24.6 Å². The summed E-state index contributed by atoms with van der Waals surface area (Å²) in [4.78, 5) is 24.3. The number of amides is 2. The molecule has 0 radical (unpaired) electrons. The van der Waals surface area contributed by atoms with Crippen LogP contribution in [0.15, 0.2) is 12.1 Å². The van der Waals surface area contributed by atoms with Crippen LogP contribution < -0.4 is 10.6 Å². The van der Waals surface area contributed by atoms with Crippen molar-refractivity contribution in [3.63, 3.8) is 0 Å². The SMILES string of the molecule is Cc1cc(N)c(Cl)cc1N1C(=O)CCC1=O. The van der Waals surface area contributed by atoms with Crippen molar-refractivity contribution in [3.8, 4) is 0 Å². The molecule has 1 heterocycles. The first-order chi connectivity index (χ1) is 7.50. The number of imide groups is 1. The smallest absolute Gasteiger partial charge is 0.234 e. The Morgan fingerprint density at radius 1 is 1.25 bits per heavy atom. The largest absolute Gasteiger partial charge is 0.398 e. The summed E-state index contributed by atoms with van der Waals surface area (Å²) in [5.41, 5.74) is 7.39. The van der Waals surface area contributed by atoms with Crippen LogP contribution in [-0.2, 0) is 9.59 Å². The number of nitrogen functional groups attached to an aromatic ring is 1. The summed E-state index contributed by atoms with van der Waals surface area (Å²) in [6, 6.07) is 3.23. The number of carbonyl (C=O) groups excluding carboxylic acids is 2. The first-order valence-corrected chi connectivity index (χ1v) is 5.30. The molecule has 0 spiro atoms. The van der Waals surface area contributed by atoms with Gasteiger partial charge in [-0.3, -0.25) is 14.5 Å². The number of hydrogen-bond acceptors (Lipinski definition) is 3. The van der Waals surface area contributed by atoms with Gasteiger partial charge in [-0.25, -0.2) is 0 Å². The highest BCUT2D eigenvalue weighted by Gasteiger charge is 2.31. The van der Waals surface area contributed by atoms with Crippen molar-refractivity contribution in [2.45, 2.75) is 19.8 Å². The first-order valence-electron chi connectivity index (χ1n) is 4.92. The molecule has 1 aromatic carbocycles. The molecule has 2 rings (SSSR count). The molecule has 1 aliphatic heterocycles. The van der Waals surface area contributed by atoms with Gasteiger partial charge in [-0.2, -0.15) is 0 Å². The lowest BCUT2D eigenvalue weighted by molar-refractivity contribution is -0.121. The van der Waals surface area contributed by atoms with Gasteiger partial charge in [0.25, 0.3) is 0 Å². The van der Waals surface area contributed by atoms with Crippen LogP contribution in [-0.4, -0.2) is 11.8 Å². The molecule has 84 valence electrons. The third-order valence-corrected chi connectivity index (χ3v) is 2.94. The predicted molar refractivity (Wildman–Crippen MR) is 62.3 cm³/mol. The Morgan fingerprint density at radius 3 is 2.38 bits per heavy atom. The Balaban J connectivity index is 2.51. The zero-order valence-corrected chi connectivity index (χ0v) is 9.54. The van der Waals surface area contributed by atoms with Crippen LogP contribution in [0.4, 0.5) is 11.4 Å². The van der Waals surface area contributed by atoms with E-state index in [0.29, 0.717) is 16.4 Å². The Labute approximate surface area is 98.0 Å². The number of carbonyl (C=O) groups is 2. The molecular weight excluding hydrogens is 228 g/mol. The average Bonchev–Trinajstić information content (AvgIpc) is 2.53. The van der Waals surface area contributed by atoms with E-state index >= 15 is 0 Å². The van der Waals surface area contributed by atoms with Crippen LogP contribution in [0.5, 0.6) is 0 Å². The molecule has 1 aliphatic rings. The number of aryl methyl sites for hydroxylation is 1. The lowest BCUT2D eigenvalue weighted by Gasteiger charge is -2.17. The highest BCUT2D eigenvalue weighted by molar-refractivity contribution is 6.33. The van der Waals surface area contributed by atoms with Gasteiger partial charge < -0.3 is 5.73 Å². The van der Waals surface area contributed by atoms with Crippen molar-refractivity contribution in [2.75, 3.05) is 10.6 Å². The van der Waals surface area contributed by atoms with E-state index in [2.05, 4.69) is 0 Å². The van der Waals surface area contributed by atoms with Gasteiger partial charge in [-0.15, -0.1) is 0 Å². The monoisotopic (exact) mass is 238 g/mol.